The Labute approximate surface area is 108 Å². The van der Waals surface area contributed by atoms with Crippen molar-refractivity contribution >= 4 is 6.09 Å². The molecule has 4 nitrogen and oxygen atoms in total. The Kier molecular flexibility index (Phi) is 3.64. The summed E-state index contributed by atoms with van der Waals surface area (Å²) in [5.41, 5.74) is 0.817. The van der Waals surface area contributed by atoms with Gasteiger partial charge in [-0.15, -0.1) is 0 Å². The maximum atomic E-state index is 11.9. The molecular weight excluding hydrogens is 230 g/mol. The van der Waals surface area contributed by atoms with E-state index in [-0.39, 0.29) is 6.09 Å². The highest BCUT2D eigenvalue weighted by Gasteiger charge is 2.27. The van der Waals surface area contributed by atoms with Crippen molar-refractivity contribution in [1.82, 2.24) is 4.90 Å². The van der Waals surface area contributed by atoms with Gasteiger partial charge < -0.3 is 14.1 Å². The molecule has 4 heteroatoms. The van der Waals surface area contributed by atoms with Gasteiger partial charge in [-0.1, -0.05) is 0 Å². The van der Waals surface area contributed by atoms with Crippen molar-refractivity contribution in [2.24, 2.45) is 0 Å². The number of hydrogen-bond donors (Lipinski definition) is 0. The molecule has 0 spiro atoms. The van der Waals surface area contributed by atoms with E-state index in [0.717, 1.165) is 25.9 Å². The molecule has 0 N–H and O–H groups in total. The Hall–Kier alpha value is -1.45. The lowest BCUT2D eigenvalue weighted by Gasteiger charge is -2.33. The molecule has 1 aliphatic rings. The standard InChI is InChI=1S/C14H21NO3/c1-14(2,3)18-13(16)15-7-4-11(5-8-15)12-6-9-17-10-12/h6,9-11H,4-5,7-8H2,1-3H3. The summed E-state index contributed by atoms with van der Waals surface area (Å²) in [6.07, 6.45) is 5.24. The molecule has 2 heterocycles. The molecule has 1 aliphatic heterocycles. The highest BCUT2D eigenvalue weighted by atomic mass is 16.6. The number of hydrogen-bond acceptors (Lipinski definition) is 3. The van der Waals surface area contributed by atoms with E-state index in [1.54, 1.807) is 17.4 Å². The topological polar surface area (TPSA) is 42.7 Å². The summed E-state index contributed by atoms with van der Waals surface area (Å²) in [7, 11) is 0. The number of carbonyl (C=O) groups is 1. The van der Waals surface area contributed by atoms with Crippen LogP contribution in [0.5, 0.6) is 0 Å². The average Bonchev–Trinajstić information content (AvgIpc) is 2.80. The highest BCUT2D eigenvalue weighted by Crippen LogP contribution is 2.28. The molecule has 1 amide bonds. The molecule has 1 fully saturated rings. The maximum Gasteiger partial charge on any atom is 0.410 e. The Bertz CT molecular complexity index is 384. The third kappa shape index (κ3) is 3.28. The second-order valence-electron chi connectivity index (χ2n) is 5.80. The number of rotatable bonds is 1. The van der Waals surface area contributed by atoms with Crippen LogP contribution in [-0.2, 0) is 4.74 Å². The zero-order valence-electron chi connectivity index (χ0n) is 11.3. The third-order valence-electron chi connectivity index (χ3n) is 3.16. The van der Waals surface area contributed by atoms with Crippen LogP contribution in [0.2, 0.25) is 0 Å². The van der Waals surface area contributed by atoms with E-state index in [9.17, 15) is 4.79 Å². The van der Waals surface area contributed by atoms with E-state index < -0.39 is 5.60 Å². The molecule has 0 saturated carbocycles. The van der Waals surface area contributed by atoms with Crippen molar-refractivity contribution in [2.75, 3.05) is 13.1 Å². The van der Waals surface area contributed by atoms with E-state index in [1.165, 1.54) is 5.56 Å². The fraction of sp³-hybridized carbons (Fsp3) is 0.643. The lowest BCUT2D eigenvalue weighted by atomic mass is 9.91. The Morgan fingerprint density at radius 2 is 2.06 bits per heavy atom. The average molecular weight is 251 g/mol. The van der Waals surface area contributed by atoms with Gasteiger partial charge in [-0.3, -0.25) is 0 Å². The molecule has 0 aliphatic carbocycles. The monoisotopic (exact) mass is 251 g/mol. The summed E-state index contributed by atoms with van der Waals surface area (Å²) >= 11 is 0. The van der Waals surface area contributed by atoms with Crippen molar-refractivity contribution in [2.45, 2.75) is 45.1 Å². The number of likely N-dealkylation sites (tertiary alicyclic amines) is 1. The van der Waals surface area contributed by atoms with Gasteiger partial charge in [0.25, 0.3) is 0 Å². The van der Waals surface area contributed by atoms with Crippen LogP contribution in [0.3, 0.4) is 0 Å². The van der Waals surface area contributed by atoms with Gasteiger partial charge in [0.05, 0.1) is 12.5 Å². The predicted octanol–water partition coefficient (Wildman–Crippen LogP) is 3.39. The Morgan fingerprint density at radius 1 is 1.39 bits per heavy atom. The summed E-state index contributed by atoms with van der Waals surface area (Å²) < 4.78 is 10.5. The highest BCUT2D eigenvalue weighted by molar-refractivity contribution is 5.68. The number of ether oxygens (including phenoxy) is 1. The fourth-order valence-corrected chi connectivity index (χ4v) is 2.23. The van der Waals surface area contributed by atoms with E-state index in [4.69, 9.17) is 9.15 Å². The first kappa shape index (κ1) is 13.0. The molecule has 1 aromatic heterocycles. The quantitative estimate of drug-likeness (QED) is 0.768. The summed E-state index contributed by atoms with van der Waals surface area (Å²) in [5, 5.41) is 0. The molecule has 1 aromatic rings. The lowest BCUT2D eigenvalue weighted by Crippen LogP contribution is -2.41. The molecule has 2 rings (SSSR count). The van der Waals surface area contributed by atoms with Crippen LogP contribution in [0.1, 0.15) is 45.1 Å². The minimum Gasteiger partial charge on any atom is -0.472 e. The van der Waals surface area contributed by atoms with Crippen LogP contribution < -0.4 is 0 Å². The van der Waals surface area contributed by atoms with Crippen molar-refractivity contribution in [3.63, 3.8) is 0 Å². The number of amides is 1. The van der Waals surface area contributed by atoms with Crippen molar-refractivity contribution in [3.8, 4) is 0 Å². The number of carbonyl (C=O) groups excluding carboxylic acids is 1. The van der Waals surface area contributed by atoms with Gasteiger partial charge in [-0.2, -0.15) is 0 Å². The second kappa shape index (κ2) is 5.04. The molecular formula is C14H21NO3. The molecule has 0 unspecified atom stereocenters. The Balaban J connectivity index is 1.85. The van der Waals surface area contributed by atoms with Crippen LogP contribution in [0.25, 0.3) is 0 Å². The Morgan fingerprint density at radius 3 is 2.56 bits per heavy atom. The van der Waals surface area contributed by atoms with Crippen LogP contribution in [0.15, 0.2) is 23.0 Å². The first-order chi connectivity index (χ1) is 8.46. The summed E-state index contributed by atoms with van der Waals surface area (Å²) in [6, 6.07) is 2.01. The fourth-order valence-electron chi connectivity index (χ4n) is 2.23. The number of piperidine rings is 1. The molecule has 0 atom stereocenters. The largest absolute Gasteiger partial charge is 0.472 e. The van der Waals surface area contributed by atoms with Crippen LogP contribution in [0.4, 0.5) is 4.79 Å². The van der Waals surface area contributed by atoms with Gasteiger partial charge in [0.2, 0.25) is 0 Å². The summed E-state index contributed by atoms with van der Waals surface area (Å²) in [5.74, 6) is 0.502. The first-order valence-electron chi connectivity index (χ1n) is 6.46. The lowest BCUT2D eigenvalue weighted by molar-refractivity contribution is 0.0205. The number of nitrogens with zero attached hydrogens (tertiary/aromatic N) is 1. The van der Waals surface area contributed by atoms with Crippen LogP contribution in [-0.4, -0.2) is 29.7 Å². The third-order valence-corrected chi connectivity index (χ3v) is 3.16. The van der Waals surface area contributed by atoms with Crippen LogP contribution in [0, 0.1) is 0 Å². The summed E-state index contributed by atoms with van der Waals surface area (Å²) in [6.45, 7) is 7.19. The van der Waals surface area contributed by atoms with Gasteiger partial charge in [-0.25, -0.2) is 4.79 Å². The maximum absolute atomic E-state index is 11.9. The minimum absolute atomic E-state index is 0.201. The van der Waals surface area contributed by atoms with E-state index in [0.29, 0.717) is 5.92 Å². The molecule has 1 saturated heterocycles. The van der Waals surface area contributed by atoms with Gasteiger partial charge in [0, 0.05) is 13.1 Å². The zero-order valence-corrected chi connectivity index (χ0v) is 11.3. The molecule has 18 heavy (non-hydrogen) atoms. The first-order valence-corrected chi connectivity index (χ1v) is 6.46. The predicted molar refractivity (Wildman–Crippen MR) is 68.5 cm³/mol. The zero-order chi connectivity index (χ0) is 13.2. The van der Waals surface area contributed by atoms with E-state index >= 15 is 0 Å². The van der Waals surface area contributed by atoms with E-state index in [1.807, 2.05) is 26.8 Å². The van der Waals surface area contributed by atoms with Crippen molar-refractivity contribution < 1.29 is 13.9 Å². The van der Waals surface area contributed by atoms with Gasteiger partial charge in [0.1, 0.15) is 5.60 Å². The molecule has 0 radical (unpaired) electrons. The SMILES string of the molecule is CC(C)(C)OC(=O)N1CCC(c2ccoc2)CC1. The molecule has 0 bridgehead atoms. The second-order valence-corrected chi connectivity index (χ2v) is 5.80. The summed E-state index contributed by atoms with van der Waals surface area (Å²) in [4.78, 5) is 13.7. The molecule has 100 valence electrons. The van der Waals surface area contributed by atoms with Crippen LogP contribution >= 0.6 is 0 Å². The van der Waals surface area contributed by atoms with E-state index in [2.05, 4.69) is 0 Å². The molecule has 0 aromatic carbocycles. The van der Waals surface area contributed by atoms with Gasteiger partial charge in [0.15, 0.2) is 0 Å². The van der Waals surface area contributed by atoms with Gasteiger partial charge >= 0.3 is 6.09 Å². The van der Waals surface area contributed by atoms with Crippen molar-refractivity contribution in [1.29, 1.82) is 0 Å². The minimum atomic E-state index is -0.418. The van der Waals surface area contributed by atoms with Crippen molar-refractivity contribution in [3.05, 3.63) is 24.2 Å². The van der Waals surface area contributed by atoms with Gasteiger partial charge in [-0.05, 0) is 51.2 Å². The normalized spacial score (nSPS) is 17.8. The smallest absolute Gasteiger partial charge is 0.410 e. The number of furan rings is 1.